The van der Waals surface area contributed by atoms with Gasteiger partial charge in [0.25, 0.3) is 0 Å². The van der Waals surface area contributed by atoms with E-state index < -0.39 is 11.7 Å². The average Bonchev–Trinajstić information content (AvgIpc) is 3.52. The molecule has 1 fully saturated rings. The second kappa shape index (κ2) is 8.70. The normalized spacial score (nSPS) is 17.2. The Morgan fingerprint density at radius 2 is 1.70 bits per heavy atom. The summed E-state index contributed by atoms with van der Waals surface area (Å²) in [6, 6.07) is 10.3. The van der Waals surface area contributed by atoms with E-state index in [1.807, 2.05) is 29.2 Å². The number of aromatic nitrogens is 5. The van der Waals surface area contributed by atoms with Crippen LogP contribution < -0.4 is 4.90 Å². The van der Waals surface area contributed by atoms with Crippen molar-refractivity contribution in [2.24, 2.45) is 10.2 Å². The molecule has 1 N–H and O–H groups in total. The molecule has 2 aliphatic rings. The number of pyridine rings is 1. The van der Waals surface area contributed by atoms with E-state index in [9.17, 15) is 13.2 Å². The minimum atomic E-state index is -4.37. The van der Waals surface area contributed by atoms with Gasteiger partial charge in [0.15, 0.2) is 0 Å². The van der Waals surface area contributed by atoms with Crippen LogP contribution in [0.4, 0.5) is 19.0 Å². The molecule has 2 aromatic heterocycles. The lowest BCUT2D eigenvalue weighted by Crippen LogP contribution is -2.47. The average molecular weight is 455 g/mol. The summed E-state index contributed by atoms with van der Waals surface area (Å²) in [5.41, 5.74) is 3.12. The summed E-state index contributed by atoms with van der Waals surface area (Å²) >= 11 is 0. The molecule has 1 aromatic carbocycles. The zero-order valence-electron chi connectivity index (χ0n) is 17.5. The molecule has 0 spiro atoms. The van der Waals surface area contributed by atoms with Gasteiger partial charge in [-0.3, -0.25) is 4.90 Å². The van der Waals surface area contributed by atoms with E-state index in [0.29, 0.717) is 31.3 Å². The first-order valence-electron chi connectivity index (χ1n) is 10.4. The van der Waals surface area contributed by atoms with Gasteiger partial charge in [-0.2, -0.15) is 28.6 Å². The number of aromatic amines is 1. The van der Waals surface area contributed by atoms with Crippen LogP contribution in [-0.2, 0) is 6.18 Å². The number of azo groups is 1. The Hall–Kier alpha value is -3.67. The zero-order valence-corrected chi connectivity index (χ0v) is 17.5. The molecule has 0 bridgehead atoms. The van der Waals surface area contributed by atoms with Crippen molar-refractivity contribution in [3.8, 4) is 11.4 Å². The molecule has 5 rings (SSSR count). The van der Waals surface area contributed by atoms with E-state index in [4.69, 9.17) is 0 Å². The highest BCUT2D eigenvalue weighted by molar-refractivity contribution is 5.71. The highest BCUT2D eigenvalue weighted by Gasteiger charge is 2.31. The van der Waals surface area contributed by atoms with Gasteiger partial charge in [0, 0.05) is 50.0 Å². The fraction of sp³-hybridized carbons (Fsp3) is 0.333. The molecular weight excluding hydrogens is 435 g/mol. The highest BCUT2D eigenvalue weighted by atomic mass is 19.4. The van der Waals surface area contributed by atoms with Crippen LogP contribution in [-0.4, -0.2) is 69.8 Å². The van der Waals surface area contributed by atoms with Crippen LogP contribution in [0.2, 0.25) is 0 Å². The van der Waals surface area contributed by atoms with Gasteiger partial charge < -0.3 is 4.90 Å². The molecular formula is C21H20F3N9. The van der Waals surface area contributed by atoms with Gasteiger partial charge in [-0.05, 0) is 22.9 Å². The first-order valence-corrected chi connectivity index (χ1v) is 10.4. The molecule has 1 saturated heterocycles. The number of benzene rings is 1. The predicted octanol–water partition coefficient (Wildman–Crippen LogP) is 3.28. The number of hydrogen-bond acceptors (Lipinski definition) is 8. The molecule has 0 aliphatic carbocycles. The van der Waals surface area contributed by atoms with Crippen molar-refractivity contribution in [2.75, 3.05) is 44.2 Å². The molecule has 0 saturated carbocycles. The Morgan fingerprint density at radius 3 is 2.33 bits per heavy atom. The summed E-state index contributed by atoms with van der Waals surface area (Å²) in [6.45, 7) is 4.22. The van der Waals surface area contributed by atoms with Crippen molar-refractivity contribution in [1.82, 2.24) is 30.5 Å². The summed E-state index contributed by atoms with van der Waals surface area (Å²) in [5.74, 6) is 1.10. The van der Waals surface area contributed by atoms with Crippen LogP contribution in [0.5, 0.6) is 0 Å². The molecule has 0 amide bonds. The molecule has 9 nitrogen and oxygen atoms in total. The number of rotatable bonds is 5. The minimum Gasteiger partial charge on any atom is -0.354 e. The van der Waals surface area contributed by atoms with Gasteiger partial charge in [0.2, 0.25) is 5.82 Å². The molecule has 0 atom stereocenters. The fourth-order valence-electron chi connectivity index (χ4n) is 3.93. The Morgan fingerprint density at radius 1 is 0.939 bits per heavy atom. The molecule has 0 radical (unpaired) electrons. The van der Waals surface area contributed by atoms with E-state index >= 15 is 0 Å². The number of alkyl halides is 3. The third-order valence-electron chi connectivity index (χ3n) is 5.72. The number of hydrogen-bond donors (Lipinski definition) is 1. The maximum atomic E-state index is 12.8. The molecule has 170 valence electrons. The van der Waals surface area contributed by atoms with Crippen molar-refractivity contribution in [3.05, 3.63) is 59.3 Å². The predicted molar refractivity (Wildman–Crippen MR) is 114 cm³/mol. The van der Waals surface area contributed by atoms with Crippen LogP contribution in [0.3, 0.4) is 0 Å². The molecule has 4 heterocycles. The second-order valence-electron chi connectivity index (χ2n) is 7.83. The van der Waals surface area contributed by atoms with Crippen molar-refractivity contribution in [2.45, 2.75) is 6.18 Å². The van der Waals surface area contributed by atoms with Crippen molar-refractivity contribution in [3.63, 3.8) is 0 Å². The Labute approximate surface area is 187 Å². The Bertz CT molecular complexity index is 1150. The maximum Gasteiger partial charge on any atom is 0.417 e. The number of nitrogens with zero attached hydrogens (tertiary/aromatic N) is 8. The first-order chi connectivity index (χ1) is 16.0. The lowest BCUT2D eigenvalue weighted by atomic mass is 10.0. The van der Waals surface area contributed by atoms with Crippen molar-refractivity contribution >= 4 is 11.5 Å². The van der Waals surface area contributed by atoms with Gasteiger partial charge in [-0.25, -0.2) is 4.98 Å². The smallest absolute Gasteiger partial charge is 0.354 e. The van der Waals surface area contributed by atoms with Gasteiger partial charge in [0.05, 0.1) is 17.8 Å². The van der Waals surface area contributed by atoms with Gasteiger partial charge in [0.1, 0.15) is 5.82 Å². The molecule has 2 aliphatic heterocycles. The SMILES string of the molecule is FC(F)(F)c1ccc(N2CCN(CC3=C(c4ccc(-c5nn[nH]n5)cc4)N=NC3)CC2)nc1. The van der Waals surface area contributed by atoms with E-state index in [-0.39, 0.29) is 0 Å². The number of nitrogens with one attached hydrogen (secondary N) is 1. The highest BCUT2D eigenvalue weighted by Crippen LogP contribution is 2.30. The number of anilines is 1. The Balaban J connectivity index is 1.21. The van der Waals surface area contributed by atoms with E-state index in [2.05, 4.69) is 40.7 Å². The number of halogens is 3. The van der Waals surface area contributed by atoms with Crippen LogP contribution >= 0.6 is 0 Å². The zero-order chi connectivity index (χ0) is 22.8. The molecule has 0 unspecified atom stereocenters. The standard InChI is InChI=1S/C21H20F3N9/c22-21(23,24)17-5-6-18(25-12-17)33-9-7-32(8-10-33)13-16-11-26-27-19(16)14-1-3-15(4-2-14)20-28-30-31-29-20/h1-6,12H,7-11,13H2,(H,28,29,30,31). The summed E-state index contributed by atoms with van der Waals surface area (Å²) in [7, 11) is 0. The van der Waals surface area contributed by atoms with E-state index in [0.717, 1.165) is 54.3 Å². The lowest BCUT2D eigenvalue weighted by molar-refractivity contribution is -0.137. The van der Waals surface area contributed by atoms with Crippen LogP contribution in [0, 0.1) is 0 Å². The summed E-state index contributed by atoms with van der Waals surface area (Å²) in [4.78, 5) is 8.32. The lowest BCUT2D eigenvalue weighted by Gasteiger charge is -2.35. The number of piperazine rings is 1. The topological polar surface area (TPSA) is 98.6 Å². The van der Waals surface area contributed by atoms with Gasteiger partial charge in [-0.1, -0.05) is 24.3 Å². The molecule has 12 heteroatoms. The third-order valence-corrected chi connectivity index (χ3v) is 5.72. The summed E-state index contributed by atoms with van der Waals surface area (Å²) in [6.07, 6.45) is -3.48. The van der Waals surface area contributed by atoms with Crippen molar-refractivity contribution in [1.29, 1.82) is 0 Å². The van der Waals surface area contributed by atoms with Gasteiger partial charge in [-0.15, -0.1) is 10.2 Å². The second-order valence-corrected chi connectivity index (χ2v) is 7.83. The number of tetrazole rings is 1. The largest absolute Gasteiger partial charge is 0.417 e. The monoisotopic (exact) mass is 455 g/mol. The molecule has 33 heavy (non-hydrogen) atoms. The maximum absolute atomic E-state index is 12.8. The van der Waals surface area contributed by atoms with E-state index in [1.165, 1.54) is 6.07 Å². The summed E-state index contributed by atoms with van der Waals surface area (Å²) in [5, 5.41) is 22.6. The molecule has 3 aromatic rings. The third kappa shape index (κ3) is 4.60. The van der Waals surface area contributed by atoms with Crippen molar-refractivity contribution < 1.29 is 13.2 Å². The number of H-pyrrole nitrogens is 1. The van der Waals surface area contributed by atoms with Gasteiger partial charge >= 0.3 is 6.18 Å². The summed E-state index contributed by atoms with van der Waals surface area (Å²) < 4.78 is 38.3. The fourth-order valence-corrected chi connectivity index (χ4v) is 3.93. The van der Waals surface area contributed by atoms with Crippen LogP contribution in [0.25, 0.3) is 17.1 Å². The Kier molecular flexibility index (Phi) is 5.58. The minimum absolute atomic E-state index is 0.532. The first kappa shape index (κ1) is 21.2. The quantitative estimate of drug-likeness (QED) is 0.634. The van der Waals surface area contributed by atoms with Crippen LogP contribution in [0.1, 0.15) is 11.1 Å². The van der Waals surface area contributed by atoms with Crippen LogP contribution in [0.15, 0.2) is 58.4 Å². The van der Waals surface area contributed by atoms with E-state index in [1.54, 1.807) is 0 Å².